The van der Waals surface area contributed by atoms with Crippen molar-refractivity contribution >= 4 is 23.7 Å². The third-order valence-corrected chi connectivity index (χ3v) is 3.21. The number of nitrogens with zero attached hydrogens (tertiary/aromatic N) is 3. The summed E-state index contributed by atoms with van der Waals surface area (Å²) in [5.41, 5.74) is 2.09. The van der Waals surface area contributed by atoms with E-state index in [0.29, 0.717) is 35.7 Å². The van der Waals surface area contributed by atoms with Crippen LogP contribution in [0.2, 0.25) is 0 Å². The minimum atomic E-state index is 0.421. The van der Waals surface area contributed by atoms with Crippen molar-refractivity contribution < 1.29 is 4.79 Å². The summed E-state index contributed by atoms with van der Waals surface area (Å²) in [7, 11) is 0. The lowest BCUT2D eigenvalue weighted by atomic mass is 10.2. The molecule has 1 heterocycles. The van der Waals surface area contributed by atoms with Gasteiger partial charge in [0.25, 0.3) is 0 Å². The van der Waals surface area contributed by atoms with Crippen LogP contribution in [0.1, 0.15) is 37.3 Å². The zero-order chi connectivity index (χ0) is 17.9. The van der Waals surface area contributed by atoms with Crippen molar-refractivity contribution in [3.8, 4) is 17.9 Å². The first-order valence-electron chi connectivity index (χ1n) is 8.07. The van der Waals surface area contributed by atoms with Crippen LogP contribution in [-0.2, 0) is 4.79 Å². The number of carbonyl (C=O) groups excluding carboxylic acids is 1. The number of rotatable bonds is 7. The van der Waals surface area contributed by atoms with Gasteiger partial charge in [0, 0.05) is 25.1 Å². The van der Waals surface area contributed by atoms with Crippen LogP contribution in [0.25, 0.3) is 0 Å². The second kappa shape index (κ2) is 9.69. The van der Waals surface area contributed by atoms with Gasteiger partial charge in [0.1, 0.15) is 12.1 Å². The largest absolute Gasteiger partial charge is 0.369 e. The number of aromatic nitrogens is 2. The van der Waals surface area contributed by atoms with Crippen molar-refractivity contribution in [1.29, 1.82) is 5.26 Å². The second-order valence-corrected chi connectivity index (χ2v) is 5.20. The highest BCUT2D eigenvalue weighted by Gasteiger charge is 2.06. The van der Waals surface area contributed by atoms with Crippen LogP contribution in [0.4, 0.5) is 17.5 Å². The van der Waals surface area contributed by atoms with Crippen molar-refractivity contribution in [2.45, 2.75) is 26.2 Å². The molecule has 0 bridgehead atoms. The Labute approximate surface area is 147 Å². The van der Waals surface area contributed by atoms with E-state index in [2.05, 4.69) is 45.4 Å². The zero-order valence-electron chi connectivity index (χ0n) is 14.0. The lowest BCUT2D eigenvalue weighted by molar-refractivity contribution is -0.107. The van der Waals surface area contributed by atoms with Crippen LogP contribution in [0.5, 0.6) is 0 Å². The normalized spacial score (nSPS) is 9.44. The summed E-state index contributed by atoms with van der Waals surface area (Å²) in [4.78, 5) is 19.1. The van der Waals surface area contributed by atoms with E-state index in [1.807, 2.05) is 0 Å². The topological polar surface area (TPSA) is 90.7 Å². The Hall–Kier alpha value is -3.38. The van der Waals surface area contributed by atoms with Gasteiger partial charge in [-0.25, -0.2) is 4.98 Å². The molecule has 6 heteroatoms. The molecule has 0 saturated carbocycles. The van der Waals surface area contributed by atoms with E-state index in [1.54, 1.807) is 30.5 Å². The van der Waals surface area contributed by atoms with Crippen LogP contribution < -0.4 is 10.6 Å². The van der Waals surface area contributed by atoms with E-state index in [9.17, 15) is 4.79 Å². The third-order valence-electron chi connectivity index (χ3n) is 3.21. The van der Waals surface area contributed by atoms with Crippen LogP contribution in [-0.4, -0.2) is 22.8 Å². The highest BCUT2D eigenvalue weighted by Crippen LogP contribution is 2.17. The first-order valence-corrected chi connectivity index (χ1v) is 8.07. The van der Waals surface area contributed by atoms with Gasteiger partial charge in [-0.2, -0.15) is 10.2 Å². The number of carbonyl (C=O) groups is 1. The Bertz CT molecular complexity index is 812. The molecule has 25 heavy (non-hydrogen) atoms. The molecule has 1 aromatic heterocycles. The average Bonchev–Trinajstić information content (AvgIpc) is 2.65. The molecular weight excluding hydrogens is 314 g/mol. The van der Waals surface area contributed by atoms with Crippen LogP contribution >= 0.6 is 0 Å². The average molecular weight is 333 g/mol. The zero-order valence-corrected chi connectivity index (χ0v) is 14.0. The predicted octanol–water partition coefficient (Wildman–Crippen LogP) is 3.24. The molecule has 0 atom stereocenters. The van der Waals surface area contributed by atoms with Crippen LogP contribution in [0.15, 0.2) is 30.5 Å². The van der Waals surface area contributed by atoms with E-state index >= 15 is 0 Å². The van der Waals surface area contributed by atoms with Crippen molar-refractivity contribution in [2.75, 3.05) is 17.2 Å². The van der Waals surface area contributed by atoms with Crippen LogP contribution in [0, 0.1) is 23.2 Å². The molecule has 2 aromatic rings. The molecule has 6 nitrogen and oxygen atoms in total. The monoisotopic (exact) mass is 333 g/mol. The minimum absolute atomic E-state index is 0.421. The van der Waals surface area contributed by atoms with E-state index in [-0.39, 0.29) is 0 Å². The summed E-state index contributed by atoms with van der Waals surface area (Å²) in [6.07, 6.45) is 4.41. The summed E-state index contributed by atoms with van der Waals surface area (Å²) in [6, 6.07) is 9.14. The Morgan fingerprint density at radius 1 is 1.28 bits per heavy atom. The maximum atomic E-state index is 10.4. The van der Waals surface area contributed by atoms with Crippen molar-refractivity contribution in [3.63, 3.8) is 0 Å². The summed E-state index contributed by atoms with van der Waals surface area (Å²) < 4.78 is 0. The molecule has 0 unspecified atom stereocenters. The summed E-state index contributed by atoms with van der Waals surface area (Å²) in [6.45, 7) is 2.84. The smallest absolute Gasteiger partial charge is 0.229 e. The molecule has 0 fully saturated rings. The highest BCUT2D eigenvalue weighted by molar-refractivity contribution is 5.60. The number of nitrogens with one attached hydrogen (secondary N) is 2. The molecule has 0 aliphatic carbocycles. The molecule has 0 aliphatic rings. The quantitative estimate of drug-likeness (QED) is 0.459. The van der Waals surface area contributed by atoms with Crippen molar-refractivity contribution in [1.82, 2.24) is 9.97 Å². The summed E-state index contributed by atoms with van der Waals surface area (Å²) in [5, 5.41) is 15.2. The number of benzene rings is 1. The van der Waals surface area contributed by atoms with E-state index in [4.69, 9.17) is 5.26 Å². The molecule has 1 aromatic carbocycles. The van der Waals surface area contributed by atoms with Gasteiger partial charge in [-0.1, -0.05) is 18.8 Å². The number of unbranched alkanes of at least 4 members (excludes halogenated alkanes) is 1. The summed E-state index contributed by atoms with van der Waals surface area (Å²) in [5.74, 6) is 7.06. The van der Waals surface area contributed by atoms with Gasteiger partial charge in [-0.15, -0.1) is 0 Å². The van der Waals surface area contributed by atoms with Crippen molar-refractivity contribution in [2.24, 2.45) is 0 Å². The molecule has 2 N–H and O–H groups in total. The third kappa shape index (κ3) is 5.63. The Morgan fingerprint density at radius 3 is 2.76 bits per heavy atom. The Kier molecular flexibility index (Phi) is 6.96. The standard InChI is InChI=1S/C19H19N5O/c1-2-11-21-18-16(6-4-3-5-12-25)14-22-19(24-18)23-17-9-7-15(13-20)8-10-17/h7-10,12,14H,2-3,5,11H2,1H3,(H2,21,22,23,24). The molecule has 0 amide bonds. The molecule has 0 radical (unpaired) electrons. The van der Waals surface area contributed by atoms with Gasteiger partial charge in [0.05, 0.1) is 23.4 Å². The lowest BCUT2D eigenvalue weighted by Gasteiger charge is -2.10. The fraction of sp³-hybridized carbons (Fsp3) is 0.263. The highest BCUT2D eigenvalue weighted by atomic mass is 16.1. The maximum absolute atomic E-state index is 10.4. The van der Waals surface area contributed by atoms with Gasteiger partial charge in [-0.05, 0) is 30.7 Å². The van der Waals surface area contributed by atoms with E-state index < -0.39 is 0 Å². The fourth-order valence-electron chi connectivity index (χ4n) is 1.96. The summed E-state index contributed by atoms with van der Waals surface area (Å²) >= 11 is 0. The van der Waals surface area contributed by atoms with Gasteiger partial charge in [0.2, 0.25) is 5.95 Å². The van der Waals surface area contributed by atoms with E-state index in [1.165, 1.54) is 0 Å². The number of aldehydes is 1. The Morgan fingerprint density at radius 2 is 2.08 bits per heavy atom. The van der Waals surface area contributed by atoms with E-state index in [0.717, 1.165) is 24.9 Å². The van der Waals surface area contributed by atoms with Crippen LogP contribution in [0.3, 0.4) is 0 Å². The molecular formula is C19H19N5O. The number of anilines is 3. The second-order valence-electron chi connectivity index (χ2n) is 5.20. The number of hydrogen-bond donors (Lipinski definition) is 2. The minimum Gasteiger partial charge on any atom is -0.369 e. The predicted molar refractivity (Wildman–Crippen MR) is 97.4 cm³/mol. The van der Waals surface area contributed by atoms with Gasteiger partial charge >= 0.3 is 0 Å². The van der Waals surface area contributed by atoms with Gasteiger partial charge < -0.3 is 15.4 Å². The first-order chi connectivity index (χ1) is 12.3. The van der Waals surface area contributed by atoms with Crippen molar-refractivity contribution in [3.05, 3.63) is 41.6 Å². The van der Waals surface area contributed by atoms with Gasteiger partial charge in [0.15, 0.2) is 0 Å². The maximum Gasteiger partial charge on any atom is 0.229 e. The fourth-order valence-corrected chi connectivity index (χ4v) is 1.96. The number of nitriles is 1. The lowest BCUT2D eigenvalue weighted by Crippen LogP contribution is -2.07. The molecule has 0 aliphatic heterocycles. The molecule has 126 valence electrons. The molecule has 0 saturated heterocycles. The molecule has 2 rings (SSSR count). The number of hydrogen-bond acceptors (Lipinski definition) is 6. The van der Waals surface area contributed by atoms with Gasteiger partial charge in [-0.3, -0.25) is 0 Å². The Balaban J connectivity index is 2.19. The SMILES string of the molecule is CCCNc1nc(Nc2ccc(C#N)cc2)ncc1C#CCCC=O. The first kappa shape index (κ1) is 18.0. The molecule has 0 spiro atoms.